The molecule has 1 aromatic rings. The van der Waals surface area contributed by atoms with E-state index >= 15 is 0 Å². The quantitative estimate of drug-likeness (QED) is 0.661. The maximum atomic E-state index is 10.1. The summed E-state index contributed by atoms with van der Waals surface area (Å²) >= 11 is 0. The van der Waals surface area contributed by atoms with Crippen LogP contribution in [0, 0.1) is 0 Å². The molecule has 20 heavy (non-hydrogen) atoms. The molecular formula is C13H24N4O3. The summed E-state index contributed by atoms with van der Waals surface area (Å²) in [4.78, 5) is 2.11. The standard InChI is InChI=1S/C13H24N4O3/c1-13(2)9-16(7-12(8-18)20-13)5-11(19)6-17-4-10(14)3-15-17/h3-4,11-12,18-19H,5-9,14H2,1-2H3. The van der Waals surface area contributed by atoms with Crippen molar-refractivity contribution < 1.29 is 14.9 Å². The lowest BCUT2D eigenvalue weighted by molar-refractivity contribution is -0.153. The van der Waals surface area contributed by atoms with E-state index in [0.29, 0.717) is 25.3 Å². The van der Waals surface area contributed by atoms with E-state index in [2.05, 4.69) is 10.00 Å². The van der Waals surface area contributed by atoms with Gasteiger partial charge in [-0.2, -0.15) is 5.10 Å². The highest BCUT2D eigenvalue weighted by molar-refractivity contribution is 5.30. The van der Waals surface area contributed by atoms with Gasteiger partial charge in [-0.25, -0.2) is 0 Å². The Morgan fingerprint density at radius 2 is 2.30 bits per heavy atom. The van der Waals surface area contributed by atoms with Gasteiger partial charge in [-0.1, -0.05) is 0 Å². The Balaban J connectivity index is 1.88. The molecule has 0 spiro atoms. The van der Waals surface area contributed by atoms with Crippen LogP contribution in [0.5, 0.6) is 0 Å². The summed E-state index contributed by atoms with van der Waals surface area (Å²) in [7, 11) is 0. The zero-order valence-electron chi connectivity index (χ0n) is 12.1. The van der Waals surface area contributed by atoms with Gasteiger partial charge in [0.25, 0.3) is 0 Å². The smallest absolute Gasteiger partial charge is 0.0940 e. The molecule has 7 nitrogen and oxygen atoms in total. The SMILES string of the molecule is CC1(C)CN(CC(O)Cn2cc(N)cn2)CC(CO)O1. The van der Waals surface area contributed by atoms with Crippen molar-refractivity contribution in [2.75, 3.05) is 32.0 Å². The lowest BCUT2D eigenvalue weighted by Gasteiger charge is -2.42. The summed E-state index contributed by atoms with van der Waals surface area (Å²) < 4.78 is 7.38. The molecule has 4 N–H and O–H groups in total. The predicted molar refractivity (Wildman–Crippen MR) is 75.1 cm³/mol. The van der Waals surface area contributed by atoms with Crippen LogP contribution in [-0.4, -0.2) is 68.9 Å². The number of aromatic nitrogens is 2. The van der Waals surface area contributed by atoms with E-state index in [1.165, 1.54) is 0 Å². The predicted octanol–water partition coefficient (Wildman–Crippen LogP) is -0.702. The molecule has 0 aliphatic carbocycles. The van der Waals surface area contributed by atoms with Gasteiger partial charge >= 0.3 is 0 Å². The molecule has 2 rings (SSSR count). The number of nitrogen functional groups attached to an aromatic ring is 1. The van der Waals surface area contributed by atoms with Gasteiger partial charge in [0, 0.05) is 25.8 Å². The maximum Gasteiger partial charge on any atom is 0.0940 e. The van der Waals surface area contributed by atoms with Crippen molar-refractivity contribution >= 4 is 5.69 Å². The van der Waals surface area contributed by atoms with Crippen molar-refractivity contribution in [2.45, 2.75) is 38.2 Å². The van der Waals surface area contributed by atoms with Crippen molar-refractivity contribution in [1.29, 1.82) is 0 Å². The maximum absolute atomic E-state index is 10.1. The Bertz CT molecular complexity index is 435. The van der Waals surface area contributed by atoms with Gasteiger partial charge in [-0.15, -0.1) is 0 Å². The second-order valence-electron chi connectivity index (χ2n) is 6.03. The number of rotatable bonds is 5. The van der Waals surface area contributed by atoms with Gasteiger partial charge in [0.05, 0.1) is 42.8 Å². The van der Waals surface area contributed by atoms with Gasteiger partial charge in [0.1, 0.15) is 0 Å². The summed E-state index contributed by atoms with van der Waals surface area (Å²) in [5.74, 6) is 0. The van der Waals surface area contributed by atoms with E-state index in [4.69, 9.17) is 10.5 Å². The zero-order chi connectivity index (χ0) is 14.8. The molecule has 0 saturated carbocycles. The van der Waals surface area contributed by atoms with Crippen molar-refractivity contribution in [3.8, 4) is 0 Å². The normalized spacial score (nSPS) is 24.7. The molecular weight excluding hydrogens is 260 g/mol. The van der Waals surface area contributed by atoms with Crippen LogP contribution < -0.4 is 5.73 Å². The summed E-state index contributed by atoms with van der Waals surface area (Å²) in [6, 6.07) is 0. The molecule has 0 bridgehead atoms. The molecule has 1 aliphatic rings. The number of aliphatic hydroxyl groups is 2. The van der Waals surface area contributed by atoms with Gasteiger partial charge in [-0.05, 0) is 13.8 Å². The van der Waals surface area contributed by atoms with Crippen molar-refractivity contribution in [1.82, 2.24) is 14.7 Å². The average molecular weight is 284 g/mol. The van der Waals surface area contributed by atoms with Gasteiger partial charge in [-0.3, -0.25) is 9.58 Å². The van der Waals surface area contributed by atoms with Crippen LogP contribution in [0.4, 0.5) is 5.69 Å². The molecule has 2 heterocycles. The topological polar surface area (TPSA) is 96.8 Å². The average Bonchev–Trinajstić information content (AvgIpc) is 2.72. The summed E-state index contributed by atoms with van der Waals surface area (Å²) in [6.45, 7) is 6.23. The van der Waals surface area contributed by atoms with E-state index in [1.54, 1.807) is 17.1 Å². The molecule has 1 fully saturated rings. The molecule has 1 saturated heterocycles. The van der Waals surface area contributed by atoms with Crippen LogP contribution in [0.25, 0.3) is 0 Å². The Kier molecular flexibility index (Phi) is 4.64. The highest BCUT2D eigenvalue weighted by Crippen LogP contribution is 2.21. The van der Waals surface area contributed by atoms with E-state index < -0.39 is 6.10 Å². The number of nitrogens with zero attached hydrogens (tertiary/aromatic N) is 3. The first-order chi connectivity index (χ1) is 9.38. The van der Waals surface area contributed by atoms with Crippen LogP contribution in [0.15, 0.2) is 12.4 Å². The molecule has 2 unspecified atom stereocenters. The lowest BCUT2D eigenvalue weighted by atomic mass is 10.0. The van der Waals surface area contributed by atoms with Crippen LogP contribution in [0.3, 0.4) is 0 Å². The minimum absolute atomic E-state index is 0.00822. The third kappa shape index (κ3) is 4.17. The Labute approximate surface area is 118 Å². The first-order valence-electron chi connectivity index (χ1n) is 6.85. The molecule has 114 valence electrons. The summed E-state index contributed by atoms with van der Waals surface area (Å²) in [5.41, 5.74) is 5.86. The molecule has 1 aromatic heterocycles. The van der Waals surface area contributed by atoms with Gasteiger partial charge in [0.2, 0.25) is 0 Å². The zero-order valence-corrected chi connectivity index (χ0v) is 12.1. The summed E-state index contributed by atoms with van der Waals surface area (Å²) in [6.07, 6.45) is 2.52. The number of nitrogens with two attached hydrogens (primary N) is 1. The van der Waals surface area contributed by atoms with E-state index in [9.17, 15) is 10.2 Å². The molecule has 7 heteroatoms. The Morgan fingerprint density at radius 1 is 1.55 bits per heavy atom. The van der Waals surface area contributed by atoms with Crippen molar-refractivity contribution in [3.63, 3.8) is 0 Å². The fraction of sp³-hybridized carbons (Fsp3) is 0.769. The number of aliphatic hydroxyl groups excluding tert-OH is 2. The molecule has 0 aromatic carbocycles. The number of hydrogen-bond acceptors (Lipinski definition) is 6. The van der Waals surface area contributed by atoms with E-state index in [0.717, 1.165) is 6.54 Å². The van der Waals surface area contributed by atoms with Crippen LogP contribution in [0.2, 0.25) is 0 Å². The highest BCUT2D eigenvalue weighted by Gasteiger charge is 2.33. The Hall–Kier alpha value is -1.15. The largest absolute Gasteiger partial charge is 0.396 e. The molecule has 1 aliphatic heterocycles. The first-order valence-corrected chi connectivity index (χ1v) is 6.85. The van der Waals surface area contributed by atoms with Gasteiger partial charge in [0.15, 0.2) is 0 Å². The molecule has 0 amide bonds. The van der Waals surface area contributed by atoms with Crippen LogP contribution >= 0.6 is 0 Å². The molecule has 2 atom stereocenters. The number of β-amino-alcohol motifs (C(OH)–C–C–N with tert-alkyl or cyclic N) is 1. The highest BCUT2D eigenvalue weighted by atomic mass is 16.5. The third-order valence-electron chi connectivity index (χ3n) is 3.28. The monoisotopic (exact) mass is 284 g/mol. The minimum atomic E-state index is -0.539. The minimum Gasteiger partial charge on any atom is -0.396 e. The second kappa shape index (κ2) is 6.09. The van der Waals surface area contributed by atoms with Crippen LogP contribution in [-0.2, 0) is 11.3 Å². The van der Waals surface area contributed by atoms with Crippen LogP contribution in [0.1, 0.15) is 13.8 Å². The second-order valence-corrected chi connectivity index (χ2v) is 6.03. The van der Waals surface area contributed by atoms with Crippen molar-refractivity contribution in [3.05, 3.63) is 12.4 Å². The number of ether oxygens (including phenoxy) is 1. The summed E-state index contributed by atoms with van der Waals surface area (Å²) in [5, 5.41) is 23.5. The van der Waals surface area contributed by atoms with Gasteiger partial charge < -0.3 is 20.7 Å². The van der Waals surface area contributed by atoms with E-state index in [-0.39, 0.29) is 18.3 Å². The van der Waals surface area contributed by atoms with E-state index in [1.807, 2.05) is 13.8 Å². The first kappa shape index (κ1) is 15.2. The Morgan fingerprint density at radius 3 is 2.90 bits per heavy atom. The number of hydrogen-bond donors (Lipinski definition) is 3. The fourth-order valence-corrected chi connectivity index (χ4v) is 2.70. The lowest BCUT2D eigenvalue weighted by Crippen LogP contribution is -2.55. The van der Waals surface area contributed by atoms with Crippen molar-refractivity contribution in [2.24, 2.45) is 0 Å². The third-order valence-corrected chi connectivity index (χ3v) is 3.28. The number of anilines is 1. The molecule has 0 radical (unpaired) electrons. The number of morpholine rings is 1. The fourth-order valence-electron chi connectivity index (χ4n) is 2.70.